The molecule has 2 heterocycles. The molecule has 0 bridgehead atoms. The summed E-state index contributed by atoms with van der Waals surface area (Å²) in [6, 6.07) is 4.05. The second-order valence-electron chi connectivity index (χ2n) is 5.00. The van der Waals surface area contributed by atoms with Crippen molar-refractivity contribution in [1.29, 1.82) is 5.26 Å². The van der Waals surface area contributed by atoms with Gasteiger partial charge in [0.25, 0.3) is 0 Å². The zero-order chi connectivity index (χ0) is 14.5. The van der Waals surface area contributed by atoms with Gasteiger partial charge < -0.3 is 9.84 Å². The summed E-state index contributed by atoms with van der Waals surface area (Å²) in [5, 5.41) is 20.5. The third-order valence-corrected chi connectivity index (χ3v) is 4.61. The maximum absolute atomic E-state index is 11.3. The van der Waals surface area contributed by atoms with Crippen LogP contribution in [0.5, 0.6) is 0 Å². The third kappa shape index (κ3) is 3.57. The van der Waals surface area contributed by atoms with Gasteiger partial charge >= 0.3 is 5.97 Å². The standard InChI is InChI=1S/C14H18N2O3S/c1-19-14(18)13(17)11-2-4-16(5-3-11)8-12-6-10(7-15)9-20-12/h6,9,11,13,17H,2-5,8H2,1H3. The van der Waals surface area contributed by atoms with Gasteiger partial charge in [0.2, 0.25) is 0 Å². The summed E-state index contributed by atoms with van der Waals surface area (Å²) in [7, 11) is 1.30. The van der Waals surface area contributed by atoms with E-state index in [2.05, 4.69) is 15.7 Å². The fraction of sp³-hybridized carbons (Fsp3) is 0.571. The van der Waals surface area contributed by atoms with Gasteiger partial charge in [-0.1, -0.05) is 0 Å². The van der Waals surface area contributed by atoms with Crippen LogP contribution >= 0.6 is 11.3 Å². The Labute approximate surface area is 122 Å². The van der Waals surface area contributed by atoms with Gasteiger partial charge in [-0.3, -0.25) is 4.90 Å². The minimum absolute atomic E-state index is 0.0169. The number of nitriles is 1. The van der Waals surface area contributed by atoms with Crippen molar-refractivity contribution in [3.05, 3.63) is 21.9 Å². The van der Waals surface area contributed by atoms with E-state index in [4.69, 9.17) is 5.26 Å². The van der Waals surface area contributed by atoms with Crippen molar-refractivity contribution in [3.8, 4) is 6.07 Å². The number of likely N-dealkylation sites (tertiary alicyclic amines) is 1. The number of aliphatic hydroxyl groups is 1. The fourth-order valence-corrected chi connectivity index (χ4v) is 3.33. The molecule has 0 saturated carbocycles. The van der Waals surface area contributed by atoms with Gasteiger partial charge in [-0.2, -0.15) is 5.26 Å². The summed E-state index contributed by atoms with van der Waals surface area (Å²) in [5.41, 5.74) is 0.709. The highest BCUT2D eigenvalue weighted by molar-refractivity contribution is 7.10. The van der Waals surface area contributed by atoms with E-state index in [-0.39, 0.29) is 5.92 Å². The number of hydrogen-bond donors (Lipinski definition) is 1. The molecule has 1 aliphatic heterocycles. The SMILES string of the molecule is COC(=O)C(O)C1CCN(Cc2cc(C#N)cs2)CC1. The summed E-state index contributed by atoms with van der Waals surface area (Å²) in [4.78, 5) is 14.8. The fourth-order valence-electron chi connectivity index (χ4n) is 2.48. The topological polar surface area (TPSA) is 73.6 Å². The first kappa shape index (κ1) is 15.0. The van der Waals surface area contributed by atoms with Crippen LogP contribution in [0.15, 0.2) is 11.4 Å². The largest absolute Gasteiger partial charge is 0.467 e. The molecule has 1 atom stereocenters. The average Bonchev–Trinajstić information content (AvgIpc) is 2.94. The van der Waals surface area contributed by atoms with E-state index < -0.39 is 12.1 Å². The molecule has 1 aliphatic rings. The van der Waals surface area contributed by atoms with Gasteiger partial charge in [0.1, 0.15) is 6.07 Å². The van der Waals surface area contributed by atoms with Gasteiger partial charge in [0.15, 0.2) is 6.10 Å². The zero-order valence-electron chi connectivity index (χ0n) is 11.4. The van der Waals surface area contributed by atoms with Crippen molar-refractivity contribution < 1.29 is 14.6 Å². The molecular formula is C14H18N2O3S. The highest BCUT2D eigenvalue weighted by Gasteiger charge is 2.30. The monoisotopic (exact) mass is 294 g/mol. The lowest BCUT2D eigenvalue weighted by molar-refractivity contribution is -0.154. The molecular weight excluding hydrogens is 276 g/mol. The lowest BCUT2D eigenvalue weighted by Crippen LogP contribution is -2.40. The highest BCUT2D eigenvalue weighted by atomic mass is 32.1. The van der Waals surface area contributed by atoms with Crippen molar-refractivity contribution in [2.45, 2.75) is 25.5 Å². The molecule has 1 fully saturated rings. The quantitative estimate of drug-likeness (QED) is 0.849. The number of thiophene rings is 1. The number of ether oxygens (including phenoxy) is 1. The molecule has 1 aromatic heterocycles. The molecule has 2 rings (SSSR count). The summed E-state index contributed by atoms with van der Waals surface area (Å²) in [5.74, 6) is -0.558. The van der Waals surface area contributed by atoms with Crippen LogP contribution in [-0.2, 0) is 16.1 Å². The van der Waals surface area contributed by atoms with E-state index >= 15 is 0 Å². The van der Waals surface area contributed by atoms with Crippen LogP contribution in [-0.4, -0.2) is 42.3 Å². The molecule has 5 nitrogen and oxygen atoms in total. The van der Waals surface area contributed by atoms with E-state index in [1.54, 1.807) is 11.3 Å². The second-order valence-corrected chi connectivity index (χ2v) is 5.99. The Kier molecular flexibility index (Phi) is 5.12. The summed E-state index contributed by atoms with van der Waals surface area (Å²) < 4.78 is 4.57. The Morgan fingerprint density at radius 1 is 1.65 bits per heavy atom. The van der Waals surface area contributed by atoms with Crippen molar-refractivity contribution in [1.82, 2.24) is 4.90 Å². The number of aliphatic hydroxyl groups excluding tert-OH is 1. The van der Waals surface area contributed by atoms with E-state index in [0.717, 1.165) is 32.5 Å². The zero-order valence-corrected chi connectivity index (χ0v) is 12.2. The van der Waals surface area contributed by atoms with Crippen LogP contribution in [0.1, 0.15) is 23.3 Å². The Morgan fingerprint density at radius 3 is 2.90 bits per heavy atom. The van der Waals surface area contributed by atoms with Crippen LogP contribution in [0.2, 0.25) is 0 Å². The normalized spacial score (nSPS) is 18.4. The molecule has 0 aliphatic carbocycles. The summed E-state index contributed by atoms with van der Waals surface area (Å²) in [6.07, 6.45) is 0.563. The molecule has 1 unspecified atom stereocenters. The molecule has 0 spiro atoms. The average molecular weight is 294 g/mol. The number of hydrogen-bond acceptors (Lipinski definition) is 6. The Bertz CT molecular complexity index is 501. The number of esters is 1. The van der Waals surface area contributed by atoms with Crippen molar-refractivity contribution in [2.24, 2.45) is 5.92 Å². The van der Waals surface area contributed by atoms with Crippen LogP contribution in [0.25, 0.3) is 0 Å². The molecule has 0 aromatic carbocycles. The van der Waals surface area contributed by atoms with Crippen molar-refractivity contribution in [2.75, 3.05) is 20.2 Å². The predicted octanol–water partition coefficient (Wildman–Crippen LogP) is 1.37. The lowest BCUT2D eigenvalue weighted by atomic mass is 9.91. The van der Waals surface area contributed by atoms with Crippen molar-refractivity contribution in [3.63, 3.8) is 0 Å². The Balaban J connectivity index is 1.82. The summed E-state index contributed by atoms with van der Waals surface area (Å²) in [6.45, 7) is 2.52. The van der Waals surface area contributed by atoms with E-state index in [1.165, 1.54) is 12.0 Å². The first-order valence-electron chi connectivity index (χ1n) is 6.59. The van der Waals surface area contributed by atoms with Gasteiger partial charge in [-0.25, -0.2) is 4.79 Å². The van der Waals surface area contributed by atoms with Gasteiger partial charge in [-0.15, -0.1) is 11.3 Å². The van der Waals surface area contributed by atoms with Gasteiger partial charge in [0.05, 0.1) is 12.7 Å². The van der Waals surface area contributed by atoms with Crippen LogP contribution in [0.4, 0.5) is 0 Å². The smallest absolute Gasteiger partial charge is 0.334 e. The molecule has 6 heteroatoms. The minimum atomic E-state index is -1.01. The molecule has 1 saturated heterocycles. The summed E-state index contributed by atoms with van der Waals surface area (Å²) >= 11 is 1.60. The minimum Gasteiger partial charge on any atom is -0.467 e. The van der Waals surface area contributed by atoms with E-state index in [9.17, 15) is 9.90 Å². The maximum atomic E-state index is 11.3. The van der Waals surface area contributed by atoms with Gasteiger partial charge in [-0.05, 0) is 37.9 Å². The molecule has 1 N–H and O–H groups in total. The molecule has 0 amide bonds. The number of carbonyl (C=O) groups is 1. The molecule has 108 valence electrons. The molecule has 20 heavy (non-hydrogen) atoms. The van der Waals surface area contributed by atoms with Crippen LogP contribution in [0.3, 0.4) is 0 Å². The maximum Gasteiger partial charge on any atom is 0.334 e. The number of methoxy groups -OCH3 is 1. The lowest BCUT2D eigenvalue weighted by Gasteiger charge is -2.33. The predicted molar refractivity (Wildman–Crippen MR) is 75.1 cm³/mol. The molecule has 1 aromatic rings. The molecule has 0 radical (unpaired) electrons. The highest BCUT2D eigenvalue weighted by Crippen LogP contribution is 2.24. The number of nitrogens with zero attached hydrogens (tertiary/aromatic N) is 2. The Hall–Kier alpha value is -1.42. The van der Waals surface area contributed by atoms with Gasteiger partial charge in [0, 0.05) is 16.8 Å². The first-order valence-corrected chi connectivity index (χ1v) is 7.47. The van der Waals surface area contributed by atoms with Crippen LogP contribution < -0.4 is 0 Å². The second kappa shape index (κ2) is 6.84. The van der Waals surface area contributed by atoms with Crippen LogP contribution in [0, 0.1) is 17.2 Å². The Morgan fingerprint density at radius 2 is 2.35 bits per heavy atom. The van der Waals surface area contributed by atoms with E-state index in [1.807, 2.05) is 11.4 Å². The number of carbonyl (C=O) groups excluding carboxylic acids is 1. The number of rotatable bonds is 4. The van der Waals surface area contributed by atoms with Crippen molar-refractivity contribution >= 4 is 17.3 Å². The third-order valence-electron chi connectivity index (χ3n) is 3.68. The van der Waals surface area contributed by atoms with E-state index in [0.29, 0.717) is 5.56 Å². The first-order chi connectivity index (χ1) is 9.63. The number of piperidine rings is 1.